The van der Waals surface area contributed by atoms with Crippen molar-refractivity contribution in [2.45, 2.75) is 6.42 Å². The van der Waals surface area contributed by atoms with Gasteiger partial charge in [-0.3, -0.25) is 9.78 Å². The van der Waals surface area contributed by atoms with E-state index in [1.165, 1.54) is 11.3 Å². The summed E-state index contributed by atoms with van der Waals surface area (Å²) in [5, 5.41) is 11.5. The third kappa shape index (κ3) is 2.57. The summed E-state index contributed by atoms with van der Waals surface area (Å²) in [6, 6.07) is 1.76. The fraction of sp³-hybridized carbons (Fsp3) is 0.0769. The van der Waals surface area contributed by atoms with Crippen molar-refractivity contribution in [3.05, 3.63) is 48.0 Å². The molecule has 0 aromatic carbocycles. The van der Waals surface area contributed by atoms with Crippen molar-refractivity contribution < 1.29 is 9.90 Å². The van der Waals surface area contributed by atoms with E-state index in [4.69, 9.17) is 5.11 Å². The molecule has 0 spiro atoms. The predicted molar refractivity (Wildman–Crippen MR) is 73.8 cm³/mol. The second kappa shape index (κ2) is 5.22. The number of hydrogen-bond acceptors (Lipinski definition) is 5. The fourth-order valence-corrected chi connectivity index (χ4v) is 2.39. The van der Waals surface area contributed by atoms with Gasteiger partial charge in [-0.05, 0) is 11.6 Å². The molecule has 0 saturated carbocycles. The van der Waals surface area contributed by atoms with E-state index in [0.29, 0.717) is 11.5 Å². The quantitative estimate of drug-likeness (QED) is 0.793. The van der Waals surface area contributed by atoms with Crippen molar-refractivity contribution in [2.75, 3.05) is 0 Å². The highest BCUT2D eigenvalue weighted by atomic mass is 32.1. The monoisotopic (exact) mass is 286 g/mol. The molecule has 20 heavy (non-hydrogen) atoms. The van der Waals surface area contributed by atoms with Crippen molar-refractivity contribution in [3.63, 3.8) is 0 Å². The van der Waals surface area contributed by atoms with Gasteiger partial charge in [-0.25, -0.2) is 9.97 Å². The average molecular weight is 286 g/mol. The number of carboxylic acids is 1. The first-order valence-corrected chi connectivity index (χ1v) is 6.71. The minimum atomic E-state index is -0.856. The lowest BCUT2D eigenvalue weighted by Gasteiger charge is -2.02. The van der Waals surface area contributed by atoms with Gasteiger partial charge in [-0.1, -0.05) is 0 Å². The van der Waals surface area contributed by atoms with Crippen LogP contribution in [0.4, 0.5) is 0 Å². The largest absolute Gasteiger partial charge is 0.481 e. The Kier molecular flexibility index (Phi) is 3.26. The summed E-state index contributed by atoms with van der Waals surface area (Å²) >= 11 is 1.49. The molecule has 3 aromatic heterocycles. The molecule has 0 amide bonds. The molecule has 0 radical (unpaired) electrons. The Morgan fingerprint density at radius 3 is 3.05 bits per heavy atom. The molecule has 6 nitrogen and oxygen atoms in total. The lowest BCUT2D eigenvalue weighted by atomic mass is 10.2. The van der Waals surface area contributed by atoms with Crippen LogP contribution in [0.1, 0.15) is 5.56 Å². The number of hydrogen-bond donors (Lipinski definition) is 1. The Hall–Kier alpha value is -2.54. The molecule has 0 aliphatic carbocycles. The number of aliphatic carboxylic acids is 1. The first-order chi connectivity index (χ1) is 9.72. The standard InChI is InChI=1S/C13H10N4O2S/c18-12(19)5-9-1-3-17(8-9)11-7-14-6-10(16-11)13-15-2-4-20-13/h1-4,6-8H,5H2,(H,18,19). The van der Waals surface area contributed by atoms with Crippen molar-refractivity contribution in [1.82, 2.24) is 19.5 Å². The Labute approximate surface area is 118 Å². The first kappa shape index (κ1) is 12.5. The summed E-state index contributed by atoms with van der Waals surface area (Å²) in [7, 11) is 0. The number of nitrogens with zero attached hydrogens (tertiary/aromatic N) is 4. The number of carboxylic acid groups (broad SMARTS) is 1. The van der Waals surface area contributed by atoms with Gasteiger partial charge in [0, 0.05) is 24.0 Å². The third-order valence-electron chi connectivity index (χ3n) is 2.65. The fourth-order valence-electron chi connectivity index (χ4n) is 1.80. The number of aromatic nitrogens is 4. The Morgan fingerprint density at radius 1 is 1.40 bits per heavy atom. The highest BCUT2D eigenvalue weighted by Gasteiger charge is 2.07. The SMILES string of the molecule is O=C(O)Cc1ccn(-c2cncc(-c3nccs3)n2)c1. The van der Waals surface area contributed by atoms with Crippen LogP contribution in [-0.2, 0) is 11.2 Å². The highest BCUT2D eigenvalue weighted by Crippen LogP contribution is 2.19. The minimum absolute atomic E-state index is 0.00734. The molecule has 0 fully saturated rings. The zero-order valence-corrected chi connectivity index (χ0v) is 11.1. The second-order valence-corrected chi connectivity index (χ2v) is 4.99. The summed E-state index contributed by atoms with van der Waals surface area (Å²) in [6.45, 7) is 0. The van der Waals surface area contributed by atoms with Gasteiger partial charge in [0.2, 0.25) is 0 Å². The zero-order chi connectivity index (χ0) is 13.9. The normalized spacial score (nSPS) is 10.6. The third-order valence-corrected chi connectivity index (χ3v) is 3.44. The van der Waals surface area contributed by atoms with Gasteiger partial charge in [0.25, 0.3) is 0 Å². The summed E-state index contributed by atoms with van der Waals surface area (Å²) in [4.78, 5) is 23.5. The van der Waals surface area contributed by atoms with E-state index in [9.17, 15) is 4.79 Å². The van der Waals surface area contributed by atoms with Gasteiger partial charge in [0.15, 0.2) is 5.82 Å². The van der Waals surface area contributed by atoms with E-state index < -0.39 is 5.97 Å². The zero-order valence-electron chi connectivity index (χ0n) is 10.3. The number of rotatable bonds is 4. The van der Waals surface area contributed by atoms with Crippen molar-refractivity contribution in [3.8, 4) is 16.5 Å². The molecule has 3 aromatic rings. The van der Waals surface area contributed by atoms with E-state index in [2.05, 4.69) is 15.0 Å². The molecule has 0 unspecified atom stereocenters. The van der Waals surface area contributed by atoms with Crippen LogP contribution in [0.3, 0.4) is 0 Å². The lowest BCUT2D eigenvalue weighted by molar-refractivity contribution is -0.136. The van der Waals surface area contributed by atoms with Crippen molar-refractivity contribution in [1.29, 1.82) is 0 Å². The van der Waals surface area contributed by atoms with Crippen LogP contribution in [0.15, 0.2) is 42.4 Å². The number of thiazole rings is 1. The summed E-state index contributed by atoms with van der Waals surface area (Å²) in [5.41, 5.74) is 1.42. The summed E-state index contributed by atoms with van der Waals surface area (Å²) in [6.07, 6.45) is 8.50. The summed E-state index contributed by atoms with van der Waals surface area (Å²) < 4.78 is 1.75. The van der Waals surface area contributed by atoms with Gasteiger partial charge in [-0.15, -0.1) is 11.3 Å². The molecule has 100 valence electrons. The van der Waals surface area contributed by atoms with Gasteiger partial charge < -0.3 is 9.67 Å². The first-order valence-electron chi connectivity index (χ1n) is 5.83. The molecule has 0 saturated heterocycles. The topological polar surface area (TPSA) is 80.9 Å². The molecular weight excluding hydrogens is 276 g/mol. The van der Waals surface area contributed by atoms with Crippen molar-refractivity contribution in [2.24, 2.45) is 0 Å². The Morgan fingerprint density at radius 2 is 2.30 bits per heavy atom. The second-order valence-electron chi connectivity index (χ2n) is 4.10. The van der Waals surface area contributed by atoms with Gasteiger partial charge in [-0.2, -0.15) is 0 Å². The molecular formula is C13H10N4O2S. The van der Waals surface area contributed by atoms with Crippen LogP contribution in [0.5, 0.6) is 0 Å². The van der Waals surface area contributed by atoms with Gasteiger partial charge in [0.05, 0.1) is 18.8 Å². The lowest BCUT2D eigenvalue weighted by Crippen LogP contribution is -2.00. The maximum atomic E-state index is 10.7. The molecule has 0 bridgehead atoms. The average Bonchev–Trinajstić information content (AvgIpc) is 3.09. The van der Waals surface area contributed by atoms with E-state index in [1.54, 1.807) is 41.6 Å². The molecule has 0 atom stereocenters. The smallest absolute Gasteiger partial charge is 0.307 e. The van der Waals surface area contributed by atoms with Crippen LogP contribution >= 0.6 is 11.3 Å². The summed E-state index contributed by atoms with van der Waals surface area (Å²) in [5.74, 6) is -0.222. The van der Waals surface area contributed by atoms with E-state index in [1.807, 2.05) is 5.38 Å². The maximum Gasteiger partial charge on any atom is 0.307 e. The molecule has 7 heteroatoms. The maximum absolute atomic E-state index is 10.7. The van der Waals surface area contributed by atoms with E-state index >= 15 is 0 Å². The van der Waals surface area contributed by atoms with E-state index in [0.717, 1.165) is 10.6 Å². The van der Waals surface area contributed by atoms with Crippen LogP contribution in [-0.4, -0.2) is 30.6 Å². The minimum Gasteiger partial charge on any atom is -0.481 e. The molecule has 0 aliphatic heterocycles. The molecule has 1 N–H and O–H groups in total. The van der Waals surface area contributed by atoms with Crippen LogP contribution in [0, 0.1) is 0 Å². The Bertz CT molecular complexity index is 736. The van der Waals surface area contributed by atoms with Crippen LogP contribution in [0.25, 0.3) is 16.5 Å². The molecule has 0 aliphatic rings. The van der Waals surface area contributed by atoms with Gasteiger partial charge >= 0.3 is 5.97 Å². The molecule has 3 rings (SSSR count). The molecule has 3 heterocycles. The van der Waals surface area contributed by atoms with Crippen LogP contribution < -0.4 is 0 Å². The highest BCUT2D eigenvalue weighted by molar-refractivity contribution is 7.13. The predicted octanol–water partition coefficient (Wildman–Crippen LogP) is 2.02. The Balaban J connectivity index is 1.92. The van der Waals surface area contributed by atoms with E-state index in [-0.39, 0.29) is 6.42 Å². The van der Waals surface area contributed by atoms with Crippen LogP contribution in [0.2, 0.25) is 0 Å². The van der Waals surface area contributed by atoms with Gasteiger partial charge in [0.1, 0.15) is 10.7 Å². The van der Waals surface area contributed by atoms with Crippen molar-refractivity contribution >= 4 is 17.3 Å². The number of carbonyl (C=O) groups is 1.